The molecule has 0 saturated heterocycles. The Labute approximate surface area is 162 Å². The molecule has 0 saturated carbocycles. The number of amides is 1. The van der Waals surface area contributed by atoms with E-state index < -0.39 is 5.82 Å². The number of hydrogen-bond acceptors (Lipinski definition) is 5. The lowest BCUT2D eigenvalue weighted by molar-refractivity contribution is -0.118. The van der Waals surface area contributed by atoms with E-state index in [2.05, 4.69) is 10.1 Å². The SMILES string of the molecule is CCC(=O)N(C)c1ccc(-c2ccc(C(=O)Cc3cnoc3C)cn2)cc1F. The average Bonchev–Trinajstić information content (AvgIpc) is 3.11. The quantitative estimate of drug-likeness (QED) is 0.604. The average molecular weight is 381 g/mol. The number of Topliss-reactive ketones (excluding diaryl/α,β-unsaturated/α-hetero) is 1. The molecule has 0 aliphatic rings. The standard InChI is InChI=1S/C21H20FN3O3/c1-4-21(27)25(3)19-8-6-14(9-17(19)22)18-7-5-15(11-23-18)20(26)10-16-12-24-28-13(16)2/h5-9,11-12H,4,10H2,1-3H3. The highest BCUT2D eigenvalue weighted by atomic mass is 19.1. The van der Waals surface area contributed by atoms with Gasteiger partial charge in [-0.25, -0.2) is 4.39 Å². The van der Waals surface area contributed by atoms with Crippen LogP contribution in [-0.2, 0) is 11.2 Å². The van der Waals surface area contributed by atoms with Crippen LogP contribution in [-0.4, -0.2) is 28.9 Å². The van der Waals surface area contributed by atoms with Crippen LogP contribution in [0.15, 0.2) is 47.2 Å². The smallest absolute Gasteiger partial charge is 0.226 e. The molecule has 0 atom stereocenters. The highest BCUT2D eigenvalue weighted by molar-refractivity contribution is 5.97. The van der Waals surface area contributed by atoms with Crippen molar-refractivity contribution in [3.8, 4) is 11.3 Å². The summed E-state index contributed by atoms with van der Waals surface area (Å²) in [6.07, 6.45) is 3.47. The van der Waals surface area contributed by atoms with Gasteiger partial charge in [0.05, 0.1) is 17.6 Å². The molecule has 1 amide bonds. The first kappa shape index (κ1) is 19.4. The van der Waals surface area contributed by atoms with Gasteiger partial charge in [-0.05, 0) is 31.2 Å². The molecule has 2 aromatic heterocycles. The van der Waals surface area contributed by atoms with Crippen molar-refractivity contribution < 1.29 is 18.5 Å². The first-order valence-electron chi connectivity index (χ1n) is 8.86. The first-order valence-corrected chi connectivity index (χ1v) is 8.86. The summed E-state index contributed by atoms with van der Waals surface area (Å²) in [5, 5.41) is 3.66. The maximum atomic E-state index is 14.4. The summed E-state index contributed by atoms with van der Waals surface area (Å²) in [6.45, 7) is 3.48. The fourth-order valence-electron chi connectivity index (χ4n) is 2.80. The maximum Gasteiger partial charge on any atom is 0.226 e. The summed E-state index contributed by atoms with van der Waals surface area (Å²) >= 11 is 0. The number of aromatic nitrogens is 2. The van der Waals surface area contributed by atoms with Gasteiger partial charge in [0.25, 0.3) is 0 Å². The van der Waals surface area contributed by atoms with Gasteiger partial charge in [-0.15, -0.1) is 0 Å². The summed E-state index contributed by atoms with van der Waals surface area (Å²) in [5.41, 5.74) is 2.50. The van der Waals surface area contributed by atoms with E-state index >= 15 is 0 Å². The molecule has 28 heavy (non-hydrogen) atoms. The predicted molar refractivity (Wildman–Crippen MR) is 103 cm³/mol. The van der Waals surface area contributed by atoms with Crippen LogP contribution >= 0.6 is 0 Å². The Morgan fingerprint density at radius 2 is 1.96 bits per heavy atom. The highest BCUT2D eigenvalue weighted by Gasteiger charge is 2.15. The number of carbonyl (C=O) groups excluding carboxylic acids is 2. The van der Waals surface area contributed by atoms with Crippen molar-refractivity contribution in [3.63, 3.8) is 0 Å². The first-order chi connectivity index (χ1) is 13.4. The van der Waals surface area contributed by atoms with E-state index in [4.69, 9.17) is 4.52 Å². The van der Waals surface area contributed by atoms with Crippen LogP contribution < -0.4 is 4.90 Å². The molecular weight excluding hydrogens is 361 g/mol. The van der Waals surface area contributed by atoms with E-state index in [1.165, 1.54) is 23.4 Å². The Kier molecular flexibility index (Phi) is 5.63. The van der Waals surface area contributed by atoms with E-state index in [-0.39, 0.29) is 23.8 Å². The molecule has 0 fully saturated rings. The Balaban J connectivity index is 1.78. The van der Waals surface area contributed by atoms with E-state index in [9.17, 15) is 14.0 Å². The lowest BCUT2D eigenvalue weighted by atomic mass is 10.0. The zero-order chi connectivity index (χ0) is 20.3. The lowest BCUT2D eigenvalue weighted by Gasteiger charge is -2.17. The molecule has 0 radical (unpaired) electrons. The van der Waals surface area contributed by atoms with Gasteiger partial charge in [0.1, 0.15) is 11.6 Å². The van der Waals surface area contributed by atoms with Crippen LogP contribution in [0.1, 0.15) is 35.0 Å². The second-order valence-electron chi connectivity index (χ2n) is 6.41. The van der Waals surface area contributed by atoms with Crippen LogP contribution in [0.4, 0.5) is 10.1 Å². The predicted octanol–water partition coefficient (Wildman–Crippen LogP) is 3.98. The molecule has 7 heteroatoms. The second kappa shape index (κ2) is 8.12. The largest absolute Gasteiger partial charge is 0.361 e. The number of nitrogens with zero attached hydrogens (tertiary/aromatic N) is 3. The molecule has 6 nitrogen and oxygen atoms in total. The van der Waals surface area contributed by atoms with Gasteiger partial charge in [-0.2, -0.15) is 0 Å². The van der Waals surface area contributed by atoms with Crippen molar-refractivity contribution in [3.05, 3.63) is 65.4 Å². The Bertz CT molecular complexity index is 1010. The monoisotopic (exact) mass is 381 g/mol. The minimum atomic E-state index is -0.508. The molecule has 0 unspecified atom stereocenters. The van der Waals surface area contributed by atoms with Crippen LogP contribution in [0, 0.1) is 12.7 Å². The molecule has 0 spiro atoms. The van der Waals surface area contributed by atoms with Crippen molar-refractivity contribution >= 4 is 17.4 Å². The maximum absolute atomic E-state index is 14.4. The summed E-state index contributed by atoms with van der Waals surface area (Å²) in [7, 11) is 1.54. The van der Waals surface area contributed by atoms with Gasteiger partial charge in [0.15, 0.2) is 5.78 Å². The molecule has 0 aliphatic carbocycles. The van der Waals surface area contributed by atoms with Crippen molar-refractivity contribution in [2.75, 3.05) is 11.9 Å². The van der Waals surface area contributed by atoms with Crippen LogP contribution in [0.2, 0.25) is 0 Å². The van der Waals surface area contributed by atoms with E-state index in [0.29, 0.717) is 29.0 Å². The van der Waals surface area contributed by atoms with Crippen LogP contribution in [0.3, 0.4) is 0 Å². The van der Waals surface area contributed by atoms with E-state index in [1.54, 1.807) is 45.2 Å². The molecule has 144 valence electrons. The number of pyridine rings is 1. The summed E-state index contributed by atoms with van der Waals surface area (Å²) in [6, 6.07) is 7.91. The number of rotatable bonds is 6. The number of hydrogen-bond donors (Lipinski definition) is 0. The third kappa shape index (κ3) is 3.98. The van der Waals surface area contributed by atoms with Crippen molar-refractivity contribution in [2.45, 2.75) is 26.7 Å². The molecule has 3 aromatic rings. The van der Waals surface area contributed by atoms with Crippen LogP contribution in [0.25, 0.3) is 11.3 Å². The minimum Gasteiger partial charge on any atom is -0.361 e. The summed E-state index contributed by atoms with van der Waals surface area (Å²) in [4.78, 5) is 29.7. The van der Waals surface area contributed by atoms with Gasteiger partial charge in [0.2, 0.25) is 5.91 Å². The zero-order valence-electron chi connectivity index (χ0n) is 15.9. The van der Waals surface area contributed by atoms with Gasteiger partial charge in [0, 0.05) is 42.8 Å². The number of carbonyl (C=O) groups is 2. The second-order valence-corrected chi connectivity index (χ2v) is 6.41. The fourth-order valence-corrected chi connectivity index (χ4v) is 2.80. The summed E-state index contributed by atoms with van der Waals surface area (Å²) in [5.74, 6) is -0.172. The van der Waals surface area contributed by atoms with Crippen LogP contribution in [0.5, 0.6) is 0 Å². The van der Waals surface area contributed by atoms with Gasteiger partial charge in [-0.3, -0.25) is 14.6 Å². The molecule has 1 aromatic carbocycles. The normalized spacial score (nSPS) is 10.7. The van der Waals surface area contributed by atoms with Gasteiger partial charge in [-0.1, -0.05) is 18.1 Å². The number of halogens is 1. The highest BCUT2D eigenvalue weighted by Crippen LogP contribution is 2.25. The molecular formula is C21H20FN3O3. The van der Waals surface area contributed by atoms with Crippen molar-refractivity contribution in [1.29, 1.82) is 0 Å². The van der Waals surface area contributed by atoms with E-state index in [0.717, 1.165) is 5.56 Å². The molecule has 0 bridgehead atoms. The number of benzene rings is 1. The number of aryl methyl sites for hydroxylation is 1. The topological polar surface area (TPSA) is 76.3 Å². The van der Waals surface area contributed by atoms with Gasteiger partial charge < -0.3 is 9.42 Å². The molecule has 2 heterocycles. The van der Waals surface area contributed by atoms with Gasteiger partial charge >= 0.3 is 0 Å². The van der Waals surface area contributed by atoms with E-state index in [1.807, 2.05) is 0 Å². The third-order valence-corrected chi connectivity index (χ3v) is 4.57. The minimum absolute atomic E-state index is 0.105. The summed E-state index contributed by atoms with van der Waals surface area (Å²) < 4.78 is 19.4. The third-order valence-electron chi connectivity index (χ3n) is 4.57. The molecule has 0 N–H and O–H groups in total. The molecule has 3 rings (SSSR count). The Morgan fingerprint density at radius 1 is 1.18 bits per heavy atom. The zero-order valence-corrected chi connectivity index (χ0v) is 15.9. The fraction of sp³-hybridized carbons (Fsp3) is 0.238. The van der Waals surface area contributed by atoms with Crippen molar-refractivity contribution in [1.82, 2.24) is 10.1 Å². The molecule has 0 aliphatic heterocycles. The lowest BCUT2D eigenvalue weighted by Crippen LogP contribution is -2.25. The number of ketones is 1. The number of anilines is 1. The Morgan fingerprint density at radius 3 is 2.54 bits per heavy atom. The Hall–Kier alpha value is -3.35. The van der Waals surface area contributed by atoms with Crippen molar-refractivity contribution in [2.24, 2.45) is 0 Å².